The molecule has 0 aromatic carbocycles. The summed E-state index contributed by atoms with van der Waals surface area (Å²) in [6.45, 7) is 2.81. The lowest BCUT2D eigenvalue weighted by Gasteiger charge is -2.27. The van der Waals surface area contributed by atoms with Crippen molar-refractivity contribution in [1.82, 2.24) is 10.6 Å². The molecule has 2 N–H and O–H groups in total. The Hall–Kier alpha value is -0.770. The standard InChI is InChI=1S/C10H18N2O2/c1-7-6-9(4-5-14-7)12-10(13)11-8-2-3-8/h7-9H,2-6H2,1H3,(H2,11,12,13). The zero-order chi connectivity index (χ0) is 9.97. The minimum atomic E-state index is -0.00778. The predicted octanol–water partition coefficient (Wildman–Crippen LogP) is 1.02. The lowest BCUT2D eigenvalue weighted by Crippen LogP contribution is -2.46. The largest absolute Gasteiger partial charge is 0.378 e. The van der Waals surface area contributed by atoms with Gasteiger partial charge in [0.05, 0.1) is 6.10 Å². The first-order valence-electron chi connectivity index (χ1n) is 5.42. The van der Waals surface area contributed by atoms with Crippen LogP contribution in [0, 0.1) is 0 Å². The van der Waals surface area contributed by atoms with Crippen LogP contribution in [0.25, 0.3) is 0 Å². The Morgan fingerprint density at radius 3 is 2.57 bits per heavy atom. The summed E-state index contributed by atoms with van der Waals surface area (Å²) in [7, 11) is 0. The maximum Gasteiger partial charge on any atom is 0.315 e. The van der Waals surface area contributed by atoms with Crippen LogP contribution in [0.2, 0.25) is 0 Å². The van der Waals surface area contributed by atoms with Crippen LogP contribution in [0.4, 0.5) is 4.79 Å². The van der Waals surface area contributed by atoms with Crippen LogP contribution in [0.3, 0.4) is 0 Å². The molecular formula is C10H18N2O2. The highest BCUT2D eigenvalue weighted by molar-refractivity contribution is 5.74. The lowest BCUT2D eigenvalue weighted by atomic mass is 10.0. The molecule has 4 heteroatoms. The minimum absolute atomic E-state index is 0.00778. The summed E-state index contributed by atoms with van der Waals surface area (Å²) in [6, 6.07) is 0.719. The first kappa shape index (κ1) is 9.77. The lowest BCUT2D eigenvalue weighted by molar-refractivity contribution is 0.0154. The Morgan fingerprint density at radius 1 is 1.21 bits per heavy atom. The second-order valence-corrected chi connectivity index (χ2v) is 4.29. The number of rotatable bonds is 2. The molecule has 2 rings (SSSR count). The molecule has 0 aromatic heterocycles. The number of carbonyl (C=O) groups excluding carboxylic acids is 1. The van der Waals surface area contributed by atoms with Gasteiger partial charge in [0.25, 0.3) is 0 Å². The molecule has 1 aliphatic heterocycles. The molecule has 0 radical (unpaired) electrons. The van der Waals surface area contributed by atoms with E-state index >= 15 is 0 Å². The third kappa shape index (κ3) is 2.87. The fraction of sp³-hybridized carbons (Fsp3) is 0.900. The Kier molecular flexibility index (Phi) is 2.91. The van der Waals surface area contributed by atoms with Crippen molar-refractivity contribution in [3.8, 4) is 0 Å². The number of amides is 2. The van der Waals surface area contributed by atoms with Gasteiger partial charge in [-0.25, -0.2) is 4.79 Å². The van der Waals surface area contributed by atoms with Crippen molar-refractivity contribution in [2.45, 2.75) is 50.8 Å². The molecule has 2 aliphatic rings. The van der Waals surface area contributed by atoms with E-state index in [0.717, 1.165) is 32.3 Å². The van der Waals surface area contributed by atoms with Crippen molar-refractivity contribution in [3.63, 3.8) is 0 Å². The Morgan fingerprint density at radius 2 is 1.93 bits per heavy atom. The van der Waals surface area contributed by atoms with Gasteiger partial charge < -0.3 is 15.4 Å². The van der Waals surface area contributed by atoms with E-state index in [9.17, 15) is 4.79 Å². The molecular weight excluding hydrogens is 180 g/mol. The molecule has 0 spiro atoms. The zero-order valence-corrected chi connectivity index (χ0v) is 8.58. The number of carbonyl (C=O) groups is 1. The summed E-state index contributed by atoms with van der Waals surface area (Å²) in [4.78, 5) is 11.4. The number of hydrogen-bond acceptors (Lipinski definition) is 2. The normalized spacial score (nSPS) is 32.4. The van der Waals surface area contributed by atoms with Gasteiger partial charge in [-0.1, -0.05) is 0 Å². The SMILES string of the molecule is CC1CC(NC(=O)NC2CC2)CCO1. The van der Waals surface area contributed by atoms with E-state index in [1.807, 2.05) is 6.92 Å². The highest BCUT2D eigenvalue weighted by Crippen LogP contribution is 2.18. The second-order valence-electron chi connectivity index (χ2n) is 4.29. The van der Waals surface area contributed by atoms with Gasteiger partial charge in [0.15, 0.2) is 0 Å². The van der Waals surface area contributed by atoms with Crippen molar-refractivity contribution in [1.29, 1.82) is 0 Å². The topological polar surface area (TPSA) is 50.4 Å². The van der Waals surface area contributed by atoms with E-state index in [1.54, 1.807) is 0 Å². The van der Waals surface area contributed by atoms with E-state index in [0.29, 0.717) is 6.04 Å². The highest BCUT2D eigenvalue weighted by atomic mass is 16.5. The van der Waals surface area contributed by atoms with Crippen LogP contribution in [-0.4, -0.2) is 30.8 Å². The number of urea groups is 1. The molecule has 14 heavy (non-hydrogen) atoms. The third-order valence-electron chi connectivity index (χ3n) is 2.73. The van der Waals surface area contributed by atoms with Crippen LogP contribution >= 0.6 is 0 Å². The molecule has 2 amide bonds. The van der Waals surface area contributed by atoms with Gasteiger partial charge in [-0.05, 0) is 32.6 Å². The minimum Gasteiger partial charge on any atom is -0.378 e. The summed E-state index contributed by atoms with van der Waals surface area (Å²) in [5, 5.41) is 5.92. The predicted molar refractivity (Wildman–Crippen MR) is 53.1 cm³/mol. The van der Waals surface area contributed by atoms with Crippen LogP contribution in [0.5, 0.6) is 0 Å². The summed E-state index contributed by atoms with van der Waals surface area (Å²) < 4.78 is 5.41. The van der Waals surface area contributed by atoms with Crippen LogP contribution in [0.1, 0.15) is 32.6 Å². The van der Waals surface area contributed by atoms with E-state index < -0.39 is 0 Å². The Bertz CT molecular complexity index is 216. The number of ether oxygens (including phenoxy) is 1. The van der Waals surface area contributed by atoms with E-state index in [4.69, 9.17) is 4.74 Å². The summed E-state index contributed by atoms with van der Waals surface area (Å²) in [5.41, 5.74) is 0. The van der Waals surface area contributed by atoms with Crippen molar-refractivity contribution < 1.29 is 9.53 Å². The molecule has 80 valence electrons. The molecule has 1 heterocycles. The maximum atomic E-state index is 11.4. The summed E-state index contributed by atoms with van der Waals surface area (Å²) in [6.07, 6.45) is 4.41. The average molecular weight is 198 g/mol. The zero-order valence-electron chi connectivity index (χ0n) is 8.58. The van der Waals surface area contributed by atoms with E-state index in [2.05, 4.69) is 10.6 Å². The van der Waals surface area contributed by atoms with Gasteiger partial charge in [0.1, 0.15) is 0 Å². The van der Waals surface area contributed by atoms with E-state index in [1.165, 1.54) is 0 Å². The molecule has 4 nitrogen and oxygen atoms in total. The smallest absolute Gasteiger partial charge is 0.315 e. The quantitative estimate of drug-likeness (QED) is 0.696. The molecule has 1 aliphatic carbocycles. The molecule has 2 fully saturated rings. The molecule has 2 unspecified atom stereocenters. The Balaban J connectivity index is 1.69. The van der Waals surface area contributed by atoms with Crippen molar-refractivity contribution >= 4 is 6.03 Å². The number of nitrogens with one attached hydrogen (secondary N) is 2. The molecule has 2 atom stereocenters. The van der Waals surface area contributed by atoms with Crippen LogP contribution in [0.15, 0.2) is 0 Å². The van der Waals surface area contributed by atoms with Crippen molar-refractivity contribution in [3.05, 3.63) is 0 Å². The monoisotopic (exact) mass is 198 g/mol. The highest BCUT2D eigenvalue weighted by Gasteiger charge is 2.25. The third-order valence-corrected chi connectivity index (χ3v) is 2.73. The van der Waals surface area contributed by atoms with Gasteiger partial charge >= 0.3 is 6.03 Å². The van der Waals surface area contributed by atoms with Gasteiger partial charge in [-0.2, -0.15) is 0 Å². The van der Waals surface area contributed by atoms with Gasteiger partial charge in [0.2, 0.25) is 0 Å². The van der Waals surface area contributed by atoms with E-state index in [-0.39, 0.29) is 18.2 Å². The van der Waals surface area contributed by atoms with Gasteiger partial charge in [-0.3, -0.25) is 0 Å². The number of hydrogen-bond donors (Lipinski definition) is 2. The van der Waals surface area contributed by atoms with Crippen LogP contribution in [-0.2, 0) is 4.74 Å². The Labute approximate surface area is 84.4 Å². The van der Waals surface area contributed by atoms with Crippen LogP contribution < -0.4 is 10.6 Å². The van der Waals surface area contributed by atoms with Crippen molar-refractivity contribution in [2.24, 2.45) is 0 Å². The summed E-state index contributed by atoms with van der Waals surface area (Å²) >= 11 is 0. The first-order valence-corrected chi connectivity index (χ1v) is 5.42. The second kappa shape index (κ2) is 4.17. The maximum absolute atomic E-state index is 11.4. The molecule has 1 saturated heterocycles. The average Bonchev–Trinajstić information content (AvgIpc) is 2.87. The molecule has 1 saturated carbocycles. The fourth-order valence-corrected chi connectivity index (χ4v) is 1.77. The molecule has 0 aromatic rings. The fourth-order valence-electron chi connectivity index (χ4n) is 1.77. The first-order chi connectivity index (χ1) is 6.74. The van der Waals surface area contributed by atoms with Gasteiger partial charge in [-0.15, -0.1) is 0 Å². The van der Waals surface area contributed by atoms with Gasteiger partial charge in [0, 0.05) is 18.7 Å². The van der Waals surface area contributed by atoms with Crippen molar-refractivity contribution in [2.75, 3.05) is 6.61 Å². The molecule has 0 bridgehead atoms. The summed E-state index contributed by atoms with van der Waals surface area (Å²) in [5.74, 6) is 0.